The SMILES string of the molecule is Cc1c(F)cccc1CCc1c(CC(=O)NO)cnn1-c1c(F)cccc1Cl. The first-order valence-electron chi connectivity index (χ1n) is 8.59. The Kier molecular flexibility index (Phi) is 6.06. The highest BCUT2D eigenvalue weighted by Crippen LogP contribution is 2.27. The van der Waals surface area contributed by atoms with Crippen molar-refractivity contribution < 1.29 is 18.8 Å². The topological polar surface area (TPSA) is 67.2 Å². The fraction of sp³-hybridized carbons (Fsp3) is 0.200. The van der Waals surface area contributed by atoms with Crippen LogP contribution in [0.2, 0.25) is 5.02 Å². The van der Waals surface area contributed by atoms with Crippen LogP contribution in [-0.4, -0.2) is 20.9 Å². The van der Waals surface area contributed by atoms with E-state index in [1.807, 2.05) is 6.07 Å². The number of carbonyl (C=O) groups excluding carboxylic acids is 1. The number of nitrogens with zero attached hydrogens (tertiary/aromatic N) is 2. The number of para-hydroxylation sites is 1. The minimum atomic E-state index is -0.623. The Morgan fingerprint density at radius 2 is 1.86 bits per heavy atom. The molecule has 146 valence electrons. The summed E-state index contributed by atoms with van der Waals surface area (Å²) >= 11 is 6.17. The van der Waals surface area contributed by atoms with Crippen molar-refractivity contribution >= 4 is 17.5 Å². The number of amides is 1. The van der Waals surface area contributed by atoms with Crippen LogP contribution in [0.3, 0.4) is 0 Å². The summed E-state index contributed by atoms with van der Waals surface area (Å²) in [6.07, 6.45) is 2.11. The molecular weight excluding hydrogens is 388 g/mol. The van der Waals surface area contributed by atoms with Gasteiger partial charge in [0.2, 0.25) is 5.91 Å². The highest BCUT2D eigenvalue weighted by atomic mass is 35.5. The molecule has 0 unspecified atom stereocenters. The monoisotopic (exact) mass is 405 g/mol. The third-order valence-electron chi connectivity index (χ3n) is 4.59. The van der Waals surface area contributed by atoms with Gasteiger partial charge in [-0.1, -0.05) is 29.8 Å². The number of carbonyl (C=O) groups is 1. The number of halogens is 3. The van der Waals surface area contributed by atoms with Crippen LogP contribution >= 0.6 is 11.6 Å². The van der Waals surface area contributed by atoms with Gasteiger partial charge in [-0.15, -0.1) is 0 Å². The zero-order chi connectivity index (χ0) is 20.3. The summed E-state index contributed by atoms with van der Waals surface area (Å²) in [5.41, 5.74) is 4.05. The van der Waals surface area contributed by atoms with Crippen LogP contribution in [0.15, 0.2) is 42.6 Å². The Morgan fingerprint density at radius 3 is 2.57 bits per heavy atom. The van der Waals surface area contributed by atoms with Gasteiger partial charge in [0.15, 0.2) is 0 Å². The molecule has 0 aliphatic rings. The van der Waals surface area contributed by atoms with E-state index in [1.165, 1.54) is 29.1 Å². The molecule has 1 heterocycles. The second-order valence-corrected chi connectivity index (χ2v) is 6.74. The van der Waals surface area contributed by atoms with Gasteiger partial charge in [-0.05, 0) is 49.1 Å². The van der Waals surface area contributed by atoms with Crippen molar-refractivity contribution in [3.8, 4) is 5.69 Å². The molecular formula is C20H18ClF2N3O2. The van der Waals surface area contributed by atoms with Gasteiger partial charge in [0.1, 0.15) is 17.3 Å². The zero-order valence-electron chi connectivity index (χ0n) is 15.0. The van der Waals surface area contributed by atoms with Crippen LogP contribution in [0, 0.1) is 18.6 Å². The van der Waals surface area contributed by atoms with Gasteiger partial charge < -0.3 is 0 Å². The summed E-state index contributed by atoms with van der Waals surface area (Å²) in [4.78, 5) is 11.6. The maximum Gasteiger partial charge on any atom is 0.247 e. The molecule has 5 nitrogen and oxygen atoms in total. The van der Waals surface area contributed by atoms with E-state index >= 15 is 0 Å². The number of hydrogen-bond acceptors (Lipinski definition) is 3. The average molecular weight is 406 g/mol. The predicted octanol–water partition coefficient (Wildman–Crippen LogP) is 3.95. The molecule has 0 aliphatic carbocycles. The van der Waals surface area contributed by atoms with Crippen LogP contribution in [0.4, 0.5) is 8.78 Å². The lowest BCUT2D eigenvalue weighted by molar-refractivity contribution is -0.128. The molecule has 0 bridgehead atoms. The molecule has 3 rings (SSSR count). The van der Waals surface area contributed by atoms with E-state index in [0.29, 0.717) is 29.7 Å². The van der Waals surface area contributed by atoms with Gasteiger partial charge in [0.05, 0.1) is 17.6 Å². The maximum absolute atomic E-state index is 14.4. The molecule has 8 heteroatoms. The van der Waals surface area contributed by atoms with Crippen molar-refractivity contribution in [3.63, 3.8) is 0 Å². The molecule has 1 amide bonds. The lowest BCUT2D eigenvalue weighted by atomic mass is 10.0. The smallest absolute Gasteiger partial charge is 0.247 e. The number of hydrogen-bond donors (Lipinski definition) is 2. The van der Waals surface area contributed by atoms with Crippen molar-refractivity contribution in [1.29, 1.82) is 0 Å². The standard InChI is InChI=1S/C20H18ClF2N3O2/c1-12-13(4-2-6-16(12)22)8-9-18-14(10-19(27)25-28)11-24-26(18)20-15(21)5-3-7-17(20)23/h2-7,11,28H,8-10H2,1H3,(H,25,27). The predicted molar refractivity (Wildman–Crippen MR) is 101 cm³/mol. The van der Waals surface area contributed by atoms with Crippen LogP contribution in [0.5, 0.6) is 0 Å². The van der Waals surface area contributed by atoms with Crippen molar-refractivity contribution in [2.24, 2.45) is 0 Å². The molecule has 28 heavy (non-hydrogen) atoms. The minimum absolute atomic E-state index is 0.0748. The Bertz CT molecular complexity index is 1000. The van der Waals surface area contributed by atoms with Crippen molar-refractivity contribution in [1.82, 2.24) is 15.3 Å². The lowest BCUT2D eigenvalue weighted by Crippen LogP contribution is -2.21. The van der Waals surface area contributed by atoms with Crippen LogP contribution < -0.4 is 5.48 Å². The molecule has 0 spiro atoms. The highest BCUT2D eigenvalue weighted by Gasteiger charge is 2.19. The van der Waals surface area contributed by atoms with Gasteiger partial charge in [-0.25, -0.2) is 18.9 Å². The Morgan fingerprint density at radius 1 is 1.14 bits per heavy atom. The van der Waals surface area contributed by atoms with Gasteiger partial charge in [0.25, 0.3) is 0 Å². The van der Waals surface area contributed by atoms with E-state index in [9.17, 15) is 13.6 Å². The van der Waals surface area contributed by atoms with Crippen molar-refractivity contribution in [3.05, 3.63) is 81.6 Å². The van der Waals surface area contributed by atoms with Gasteiger partial charge in [-0.3, -0.25) is 10.0 Å². The first-order chi connectivity index (χ1) is 13.4. The second kappa shape index (κ2) is 8.50. The van der Waals surface area contributed by atoms with Crippen molar-refractivity contribution in [2.45, 2.75) is 26.2 Å². The van der Waals surface area contributed by atoms with E-state index in [-0.39, 0.29) is 22.9 Å². The maximum atomic E-state index is 14.4. The van der Waals surface area contributed by atoms with Gasteiger partial charge in [-0.2, -0.15) is 5.10 Å². The summed E-state index contributed by atoms with van der Waals surface area (Å²) < 4.78 is 29.6. The number of nitrogens with one attached hydrogen (secondary N) is 1. The Labute approximate surface area is 165 Å². The normalized spacial score (nSPS) is 10.9. The van der Waals surface area contributed by atoms with Gasteiger partial charge >= 0.3 is 0 Å². The zero-order valence-corrected chi connectivity index (χ0v) is 15.8. The third-order valence-corrected chi connectivity index (χ3v) is 4.90. The largest absolute Gasteiger partial charge is 0.289 e. The average Bonchev–Trinajstić information content (AvgIpc) is 3.05. The van der Waals surface area contributed by atoms with E-state index in [1.54, 1.807) is 24.5 Å². The molecule has 0 saturated heterocycles. The van der Waals surface area contributed by atoms with Crippen LogP contribution in [-0.2, 0) is 24.1 Å². The number of benzene rings is 2. The quantitative estimate of drug-likeness (QED) is 0.482. The number of rotatable bonds is 6. The molecule has 2 aromatic carbocycles. The summed E-state index contributed by atoms with van der Waals surface area (Å²) in [7, 11) is 0. The van der Waals surface area contributed by atoms with E-state index in [2.05, 4.69) is 5.10 Å². The molecule has 0 atom stereocenters. The molecule has 0 aliphatic heterocycles. The summed E-state index contributed by atoms with van der Waals surface area (Å²) in [6.45, 7) is 1.69. The van der Waals surface area contributed by atoms with Crippen LogP contribution in [0.1, 0.15) is 22.4 Å². The molecule has 0 saturated carbocycles. The Hall–Kier alpha value is -2.77. The molecule has 1 aromatic heterocycles. The molecule has 0 fully saturated rings. The van der Waals surface area contributed by atoms with E-state index < -0.39 is 11.7 Å². The summed E-state index contributed by atoms with van der Waals surface area (Å²) in [6, 6.07) is 9.13. The summed E-state index contributed by atoms with van der Waals surface area (Å²) in [5, 5.41) is 13.2. The Balaban J connectivity index is 2.02. The number of aromatic nitrogens is 2. The fourth-order valence-electron chi connectivity index (χ4n) is 3.09. The number of hydroxylamine groups is 1. The van der Waals surface area contributed by atoms with Crippen molar-refractivity contribution in [2.75, 3.05) is 0 Å². The lowest BCUT2D eigenvalue weighted by Gasteiger charge is -2.13. The van der Waals surface area contributed by atoms with E-state index in [4.69, 9.17) is 16.8 Å². The molecule has 0 radical (unpaired) electrons. The first-order valence-corrected chi connectivity index (χ1v) is 8.97. The first kappa shape index (κ1) is 20.0. The van der Waals surface area contributed by atoms with E-state index in [0.717, 1.165) is 5.56 Å². The fourth-order valence-corrected chi connectivity index (χ4v) is 3.34. The minimum Gasteiger partial charge on any atom is -0.289 e. The molecule has 3 aromatic rings. The van der Waals surface area contributed by atoms with Crippen LogP contribution in [0.25, 0.3) is 5.69 Å². The molecule has 2 N–H and O–H groups in total. The second-order valence-electron chi connectivity index (χ2n) is 6.33. The highest BCUT2D eigenvalue weighted by molar-refractivity contribution is 6.32. The third kappa shape index (κ3) is 4.05. The summed E-state index contributed by atoms with van der Waals surface area (Å²) in [5.74, 6) is -1.48. The van der Waals surface area contributed by atoms with Gasteiger partial charge in [0, 0.05) is 11.3 Å². The number of aryl methyl sites for hydroxylation is 1.